The summed E-state index contributed by atoms with van der Waals surface area (Å²) >= 11 is 0. The Balaban J connectivity index is 1.39. The van der Waals surface area contributed by atoms with Crippen LogP contribution >= 0.6 is 0 Å². The lowest BCUT2D eigenvalue weighted by atomic mass is 9.88. The number of aromatic amines is 1. The Bertz CT molecular complexity index is 794. The van der Waals surface area contributed by atoms with Crippen LogP contribution in [0.1, 0.15) is 24.2 Å². The Morgan fingerprint density at radius 1 is 1.04 bits per heavy atom. The fourth-order valence-corrected chi connectivity index (χ4v) is 3.50. The van der Waals surface area contributed by atoms with Crippen molar-refractivity contribution in [2.24, 2.45) is 5.92 Å². The highest BCUT2D eigenvalue weighted by molar-refractivity contribution is 5.70. The molecule has 2 aromatic carbocycles. The van der Waals surface area contributed by atoms with Crippen LogP contribution in [0.5, 0.6) is 5.75 Å². The molecule has 3 aromatic rings. The van der Waals surface area contributed by atoms with E-state index >= 15 is 0 Å². The third-order valence-electron chi connectivity index (χ3n) is 4.85. The second kappa shape index (κ2) is 6.91. The number of nitrogens with zero attached hydrogens (tertiary/aromatic N) is 1. The SMILES string of the molecule is c1ccc(-c2ccccc2OCCC2CCc3nc[nH]c3C2)cc1. The van der Waals surface area contributed by atoms with Crippen molar-refractivity contribution in [1.82, 2.24) is 9.97 Å². The van der Waals surface area contributed by atoms with Gasteiger partial charge in [0.05, 0.1) is 18.6 Å². The van der Waals surface area contributed by atoms with Crippen molar-refractivity contribution in [1.29, 1.82) is 0 Å². The molecule has 3 nitrogen and oxygen atoms in total. The Kier molecular flexibility index (Phi) is 4.32. The van der Waals surface area contributed by atoms with Crippen LogP contribution in [0.4, 0.5) is 0 Å². The van der Waals surface area contributed by atoms with E-state index in [-0.39, 0.29) is 0 Å². The van der Waals surface area contributed by atoms with Gasteiger partial charge in [0.15, 0.2) is 0 Å². The van der Waals surface area contributed by atoms with Gasteiger partial charge in [-0.1, -0.05) is 48.5 Å². The maximum atomic E-state index is 6.14. The molecular weight excluding hydrogens is 296 g/mol. The summed E-state index contributed by atoms with van der Waals surface area (Å²) in [5, 5.41) is 0. The normalized spacial score (nSPS) is 16.6. The summed E-state index contributed by atoms with van der Waals surface area (Å²) in [6, 6.07) is 18.7. The quantitative estimate of drug-likeness (QED) is 0.743. The maximum absolute atomic E-state index is 6.14. The van der Waals surface area contributed by atoms with E-state index < -0.39 is 0 Å². The Morgan fingerprint density at radius 2 is 1.88 bits per heavy atom. The van der Waals surface area contributed by atoms with Crippen molar-refractivity contribution in [2.75, 3.05) is 6.61 Å². The number of hydrogen-bond donors (Lipinski definition) is 1. The number of para-hydroxylation sites is 1. The maximum Gasteiger partial charge on any atom is 0.127 e. The van der Waals surface area contributed by atoms with E-state index in [1.807, 2.05) is 18.5 Å². The second-order valence-electron chi connectivity index (χ2n) is 6.44. The first-order valence-electron chi connectivity index (χ1n) is 8.68. The number of aromatic nitrogens is 2. The highest BCUT2D eigenvalue weighted by Crippen LogP contribution is 2.30. The highest BCUT2D eigenvalue weighted by Gasteiger charge is 2.20. The molecule has 0 spiro atoms. The number of benzene rings is 2. The number of ether oxygens (including phenoxy) is 1. The van der Waals surface area contributed by atoms with Gasteiger partial charge in [-0.05, 0) is 43.2 Å². The summed E-state index contributed by atoms with van der Waals surface area (Å²) in [6.07, 6.45) is 6.30. The van der Waals surface area contributed by atoms with Gasteiger partial charge in [0.1, 0.15) is 5.75 Å². The molecule has 1 aliphatic carbocycles. The molecule has 1 aliphatic rings. The minimum atomic E-state index is 0.682. The van der Waals surface area contributed by atoms with Crippen molar-refractivity contribution >= 4 is 0 Å². The van der Waals surface area contributed by atoms with Gasteiger partial charge in [0.2, 0.25) is 0 Å². The first-order chi connectivity index (χ1) is 11.9. The lowest BCUT2D eigenvalue weighted by Crippen LogP contribution is -2.17. The molecule has 0 radical (unpaired) electrons. The second-order valence-corrected chi connectivity index (χ2v) is 6.44. The number of rotatable bonds is 5. The zero-order valence-corrected chi connectivity index (χ0v) is 13.7. The van der Waals surface area contributed by atoms with Gasteiger partial charge in [-0.3, -0.25) is 0 Å². The first kappa shape index (κ1) is 15.0. The number of aryl methyl sites for hydroxylation is 1. The Morgan fingerprint density at radius 3 is 2.79 bits per heavy atom. The predicted octanol–water partition coefficient (Wildman–Crippen LogP) is 4.65. The van der Waals surface area contributed by atoms with Gasteiger partial charge in [0.25, 0.3) is 0 Å². The molecule has 1 unspecified atom stereocenters. The minimum Gasteiger partial charge on any atom is -0.493 e. The number of H-pyrrole nitrogens is 1. The average Bonchev–Trinajstić information content (AvgIpc) is 3.11. The molecule has 0 aliphatic heterocycles. The largest absolute Gasteiger partial charge is 0.493 e. The predicted molar refractivity (Wildman–Crippen MR) is 96.1 cm³/mol. The van der Waals surface area contributed by atoms with E-state index in [1.54, 1.807) is 0 Å². The fraction of sp³-hybridized carbons (Fsp3) is 0.286. The summed E-state index contributed by atoms with van der Waals surface area (Å²) in [4.78, 5) is 7.65. The van der Waals surface area contributed by atoms with Crippen molar-refractivity contribution in [3.8, 4) is 16.9 Å². The Labute approximate surface area is 142 Å². The Hall–Kier alpha value is -2.55. The van der Waals surface area contributed by atoms with Gasteiger partial charge in [-0.15, -0.1) is 0 Å². The third kappa shape index (κ3) is 3.21. The van der Waals surface area contributed by atoms with Crippen molar-refractivity contribution < 1.29 is 4.74 Å². The minimum absolute atomic E-state index is 0.682. The lowest BCUT2D eigenvalue weighted by Gasteiger charge is -2.21. The molecule has 1 atom stereocenters. The lowest BCUT2D eigenvalue weighted by molar-refractivity contribution is 0.267. The van der Waals surface area contributed by atoms with Gasteiger partial charge in [-0.25, -0.2) is 4.98 Å². The molecule has 24 heavy (non-hydrogen) atoms. The monoisotopic (exact) mass is 318 g/mol. The number of hydrogen-bond acceptors (Lipinski definition) is 2. The zero-order chi connectivity index (χ0) is 16.2. The molecule has 0 saturated heterocycles. The van der Waals surface area contributed by atoms with Crippen LogP contribution in [0.15, 0.2) is 60.9 Å². The van der Waals surface area contributed by atoms with Gasteiger partial charge in [0, 0.05) is 11.3 Å². The molecular formula is C21H22N2O. The van der Waals surface area contributed by atoms with Crippen LogP contribution in [0, 0.1) is 5.92 Å². The average molecular weight is 318 g/mol. The molecule has 0 amide bonds. The van der Waals surface area contributed by atoms with E-state index in [1.165, 1.54) is 23.4 Å². The number of fused-ring (bicyclic) bond motifs is 1. The molecule has 1 heterocycles. The molecule has 0 bridgehead atoms. The van der Waals surface area contributed by atoms with Gasteiger partial charge >= 0.3 is 0 Å². The molecule has 1 N–H and O–H groups in total. The van der Waals surface area contributed by atoms with Crippen LogP contribution in [0.2, 0.25) is 0 Å². The molecule has 3 heteroatoms. The molecule has 122 valence electrons. The summed E-state index contributed by atoms with van der Waals surface area (Å²) in [5.74, 6) is 1.66. The molecule has 4 rings (SSSR count). The van der Waals surface area contributed by atoms with Gasteiger partial charge < -0.3 is 9.72 Å². The van der Waals surface area contributed by atoms with Crippen LogP contribution in [-0.2, 0) is 12.8 Å². The summed E-state index contributed by atoms with van der Waals surface area (Å²) < 4.78 is 6.14. The van der Waals surface area contributed by atoms with Crippen molar-refractivity contribution in [2.45, 2.75) is 25.7 Å². The molecule has 0 fully saturated rings. The summed E-state index contributed by atoms with van der Waals surface area (Å²) in [5.41, 5.74) is 4.93. The zero-order valence-electron chi connectivity index (χ0n) is 13.7. The van der Waals surface area contributed by atoms with Crippen molar-refractivity contribution in [3.63, 3.8) is 0 Å². The van der Waals surface area contributed by atoms with Crippen molar-refractivity contribution in [3.05, 3.63) is 72.3 Å². The standard InChI is InChI=1S/C21H22N2O/c1-2-6-17(7-3-1)18-8-4-5-9-21(18)24-13-12-16-10-11-19-20(14-16)23-15-22-19/h1-9,15-16H,10-14H2,(H,22,23). The van der Waals surface area contributed by atoms with E-state index in [4.69, 9.17) is 4.74 Å². The van der Waals surface area contributed by atoms with E-state index in [2.05, 4.69) is 52.4 Å². The van der Waals surface area contributed by atoms with Crippen LogP contribution in [0.25, 0.3) is 11.1 Å². The fourth-order valence-electron chi connectivity index (χ4n) is 3.50. The van der Waals surface area contributed by atoms with Crippen LogP contribution in [0.3, 0.4) is 0 Å². The van der Waals surface area contributed by atoms with E-state index in [0.717, 1.165) is 37.2 Å². The number of nitrogens with one attached hydrogen (secondary N) is 1. The highest BCUT2D eigenvalue weighted by atomic mass is 16.5. The summed E-state index contributed by atoms with van der Waals surface area (Å²) in [6.45, 7) is 0.762. The summed E-state index contributed by atoms with van der Waals surface area (Å²) in [7, 11) is 0. The van der Waals surface area contributed by atoms with E-state index in [9.17, 15) is 0 Å². The smallest absolute Gasteiger partial charge is 0.127 e. The van der Waals surface area contributed by atoms with Crippen LogP contribution in [-0.4, -0.2) is 16.6 Å². The van der Waals surface area contributed by atoms with Crippen LogP contribution < -0.4 is 4.74 Å². The first-order valence-corrected chi connectivity index (χ1v) is 8.68. The van der Waals surface area contributed by atoms with Gasteiger partial charge in [-0.2, -0.15) is 0 Å². The number of imidazole rings is 1. The third-order valence-corrected chi connectivity index (χ3v) is 4.85. The topological polar surface area (TPSA) is 37.9 Å². The van der Waals surface area contributed by atoms with E-state index in [0.29, 0.717) is 5.92 Å². The molecule has 0 saturated carbocycles. The molecule has 1 aromatic heterocycles.